The Labute approximate surface area is 396 Å². The van der Waals surface area contributed by atoms with Gasteiger partial charge in [-0.2, -0.15) is 4.98 Å². The van der Waals surface area contributed by atoms with Gasteiger partial charge in [-0.25, -0.2) is 23.2 Å². The summed E-state index contributed by atoms with van der Waals surface area (Å²) in [6, 6.07) is 6.56. The van der Waals surface area contributed by atoms with Crippen molar-refractivity contribution in [2.75, 3.05) is 64.8 Å². The third-order valence-corrected chi connectivity index (χ3v) is 13.0. The summed E-state index contributed by atoms with van der Waals surface area (Å²) in [6.45, 7) is -4.21. The van der Waals surface area contributed by atoms with E-state index < -0.39 is 116 Å². The Balaban J connectivity index is 0.971. The number of fused-ring (bicyclic) bond motifs is 2. The average molecular weight is 1080 g/mol. The molecule has 5 unspecified atom stereocenters. The van der Waals surface area contributed by atoms with Crippen molar-refractivity contribution in [3.63, 3.8) is 0 Å². The zero-order chi connectivity index (χ0) is 50.7. The molecule has 0 amide bonds. The van der Waals surface area contributed by atoms with E-state index in [4.69, 9.17) is 64.8 Å². The summed E-state index contributed by atoms with van der Waals surface area (Å²) in [5.74, 6) is -0.0740. The SMILES string of the molecule is COCCO[C@@H]1[C@H](O)C(COP(=O)(O)OCC(COP(=O)(O)OCC2O[C@@H](n3cnc4c(=O)[nH]c(N)nc43)[C@H](O)[C@@H]2O)OP(=O)(O)O)O[C@H]1[n+]1cn(CCOc2ccc(Cl)cc2)c2c(=O)[nH]c(N)nc21. The fraction of sp³-hybridized carbons (Fsp3) is 0.529. The van der Waals surface area contributed by atoms with Crippen LogP contribution < -0.4 is 31.9 Å². The number of rotatable bonds is 24. The first-order valence-corrected chi connectivity index (χ1v) is 25.3. The molecule has 0 saturated carbocycles. The van der Waals surface area contributed by atoms with Crippen molar-refractivity contribution in [1.82, 2.24) is 34.1 Å². The van der Waals surface area contributed by atoms with Crippen molar-refractivity contribution < 1.29 is 99.5 Å². The van der Waals surface area contributed by atoms with Gasteiger partial charge in [0.1, 0.15) is 61.6 Å². The number of halogens is 1. The Kier molecular flexibility index (Phi) is 16.9. The van der Waals surface area contributed by atoms with Crippen LogP contribution in [0.25, 0.3) is 22.3 Å². The summed E-state index contributed by atoms with van der Waals surface area (Å²) >= 11 is 5.96. The molecule has 386 valence electrons. The number of nitrogen functional groups attached to an aromatic ring is 2. The van der Waals surface area contributed by atoms with Crippen molar-refractivity contribution in [1.29, 1.82) is 0 Å². The first-order chi connectivity index (χ1) is 33.0. The lowest BCUT2D eigenvalue weighted by Crippen LogP contribution is -2.47. The molecule has 2 aliphatic heterocycles. The molecule has 0 bridgehead atoms. The maximum atomic E-state index is 13.2. The number of aliphatic hydroxyl groups excluding tert-OH is 3. The second kappa shape index (κ2) is 22.2. The molecule has 2 aliphatic rings. The van der Waals surface area contributed by atoms with Crippen molar-refractivity contribution in [3.8, 4) is 5.75 Å². The Morgan fingerprint density at radius 3 is 2.11 bits per heavy atom. The molecule has 6 heterocycles. The van der Waals surface area contributed by atoms with E-state index in [2.05, 4.69) is 29.4 Å². The molecule has 4 aromatic heterocycles. The van der Waals surface area contributed by atoms with E-state index in [0.717, 1.165) is 10.9 Å². The van der Waals surface area contributed by atoms with Crippen LogP contribution in [0.1, 0.15) is 12.5 Å². The highest BCUT2D eigenvalue weighted by molar-refractivity contribution is 7.47. The van der Waals surface area contributed by atoms with Gasteiger partial charge in [-0.15, -0.1) is 0 Å². The Morgan fingerprint density at radius 1 is 0.843 bits per heavy atom. The van der Waals surface area contributed by atoms with Crippen LogP contribution in [0.3, 0.4) is 0 Å². The number of anilines is 2. The van der Waals surface area contributed by atoms with E-state index in [-0.39, 0.29) is 60.6 Å². The van der Waals surface area contributed by atoms with Gasteiger partial charge in [-0.3, -0.25) is 51.3 Å². The number of hydrogen-bond acceptors (Lipinski definition) is 23. The van der Waals surface area contributed by atoms with Gasteiger partial charge < -0.3 is 70.0 Å². The highest BCUT2D eigenvalue weighted by Gasteiger charge is 2.50. The number of phosphoric acid groups is 3. The average Bonchev–Trinajstić information content (AvgIpc) is 4.03. The van der Waals surface area contributed by atoms with Gasteiger partial charge in [0, 0.05) is 12.1 Å². The smallest absolute Gasteiger partial charge is 0.472 e. The first-order valence-electron chi connectivity index (χ1n) is 20.4. The highest BCUT2D eigenvalue weighted by atomic mass is 35.5. The predicted octanol–water partition coefficient (Wildman–Crippen LogP) is -2.30. The molecule has 2 fully saturated rings. The standard InChI is InChI=1S/C34H46ClN10O22P3/c1-58-8-9-60-26-24(47)20(66-32(26)45-15-43(22-28(45)40-34(37)42-30(22)50)6-7-59-17-4-2-16(35)3-5-17)13-64-70(56,57)62-11-18(67-68(51,52)53)10-61-69(54,55)63-12-19-23(46)25(48)31(65-19)44-14-38-21-27(44)39-33(36)41-29(21)49/h2-5,14-15,18-20,23-26,31-32,46-48H,6-13H2,1H3,(H9-,36,37,39,40,41,42,49,50,51,52,53,54,55,56,57)/p+1/t18?,19?,20?,23-,24-,25-,26-,31-,32-/m1/s1. The lowest BCUT2D eigenvalue weighted by molar-refractivity contribution is -0.746. The summed E-state index contributed by atoms with van der Waals surface area (Å²) in [6.07, 6.45) is -11.7. The zero-order valence-corrected chi connectivity index (χ0v) is 39.6. The Bertz CT molecular complexity index is 2890. The monoisotopic (exact) mass is 1080 g/mol. The molecule has 0 aliphatic carbocycles. The fourth-order valence-corrected chi connectivity index (χ4v) is 9.31. The number of H-pyrrole nitrogens is 2. The molecule has 2 saturated heterocycles. The quantitative estimate of drug-likeness (QED) is 0.0176. The third kappa shape index (κ3) is 13.0. The second-order valence-electron chi connectivity index (χ2n) is 15.2. The van der Waals surface area contributed by atoms with Gasteiger partial charge in [0.05, 0.1) is 46.0 Å². The van der Waals surface area contributed by atoms with Crippen LogP contribution in [0, 0.1) is 0 Å². The van der Waals surface area contributed by atoms with Crippen LogP contribution in [-0.2, 0) is 61.8 Å². The number of phosphoric ester groups is 3. The van der Waals surface area contributed by atoms with E-state index in [0.29, 0.717) is 10.8 Å². The number of nitrogens with two attached hydrogens (primary N) is 2. The molecular formula is C34H47ClN10O22P3+. The third-order valence-electron chi connectivity index (χ3n) is 10.3. The Morgan fingerprint density at radius 2 is 1.47 bits per heavy atom. The molecule has 11 atom stereocenters. The van der Waals surface area contributed by atoms with Gasteiger partial charge >= 0.3 is 29.1 Å². The van der Waals surface area contributed by atoms with Gasteiger partial charge in [-0.05, 0) is 24.3 Å². The fourth-order valence-electron chi connectivity index (χ4n) is 7.14. The molecule has 0 spiro atoms. The number of benzene rings is 1. The van der Waals surface area contributed by atoms with E-state index in [1.54, 1.807) is 24.3 Å². The zero-order valence-electron chi connectivity index (χ0n) is 36.1. The molecule has 7 rings (SSSR count). The van der Waals surface area contributed by atoms with Crippen LogP contribution in [0.15, 0.2) is 46.5 Å². The van der Waals surface area contributed by atoms with Crippen molar-refractivity contribution in [2.45, 2.75) is 61.7 Å². The number of aromatic amines is 2. The lowest BCUT2D eigenvalue weighted by atomic mass is 10.1. The number of imidazole rings is 2. The maximum absolute atomic E-state index is 13.2. The van der Waals surface area contributed by atoms with Crippen molar-refractivity contribution >= 4 is 69.3 Å². The van der Waals surface area contributed by atoms with Crippen molar-refractivity contribution in [3.05, 3.63) is 62.7 Å². The number of nitrogens with zero attached hydrogens (tertiary/aromatic N) is 6. The summed E-state index contributed by atoms with van der Waals surface area (Å²) < 4.78 is 94.2. The molecule has 32 nitrogen and oxygen atoms in total. The molecule has 0 radical (unpaired) electrons. The van der Waals surface area contributed by atoms with Crippen LogP contribution >= 0.6 is 35.1 Å². The largest absolute Gasteiger partial charge is 0.490 e. The molecule has 70 heavy (non-hydrogen) atoms. The van der Waals surface area contributed by atoms with Crippen molar-refractivity contribution in [2.24, 2.45) is 0 Å². The molecule has 1 aromatic carbocycles. The van der Waals surface area contributed by atoms with Crippen LogP contribution in [0.2, 0.25) is 5.02 Å². The minimum Gasteiger partial charge on any atom is -0.490 e. The summed E-state index contributed by atoms with van der Waals surface area (Å²) in [4.78, 5) is 82.1. The van der Waals surface area contributed by atoms with Gasteiger partial charge in [0.15, 0.2) is 23.7 Å². The molecule has 5 aromatic rings. The van der Waals surface area contributed by atoms with Crippen LogP contribution in [-0.4, -0.2) is 165 Å². The number of ether oxygens (including phenoxy) is 5. The topological polar surface area (TPSA) is 455 Å². The van der Waals surface area contributed by atoms with E-state index in [1.165, 1.54) is 22.6 Å². The number of methoxy groups -OCH3 is 1. The number of aromatic nitrogens is 8. The van der Waals surface area contributed by atoms with Gasteiger partial charge in [0.2, 0.25) is 17.7 Å². The predicted molar refractivity (Wildman–Crippen MR) is 232 cm³/mol. The second-order valence-corrected chi connectivity index (χ2v) is 19.7. The summed E-state index contributed by atoms with van der Waals surface area (Å²) in [5.41, 5.74) is 9.84. The van der Waals surface area contributed by atoms with Gasteiger partial charge in [0.25, 0.3) is 17.1 Å². The van der Waals surface area contributed by atoms with Gasteiger partial charge in [-0.1, -0.05) is 16.6 Å². The van der Waals surface area contributed by atoms with E-state index >= 15 is 0 Å². The molecular weight excluding hydrogens is 1030 g/mol. The molecule has 36 heteroatoms. The minimum atomic E-state index is -5.46. The van der Waals surface area contributed by atoms with E-state index in [1.807, 2.05) is 0 Å². The molecule has 13 N–H and O–H groups in total. The minimum absolute atomic E-state index is 0.0145. The number of aliphatic hydroxyl groups is 3. The lowest BCUT2D eigenvalue weighted by Gasteiger charge is -2.22. The highest BCUT2D eigenvalue weighted by Crippen LogP contribution is 2.48. The number of hydrogen-bond donors (Lipinski definition) is 11. The summed E-state index contributed by atoms with van der Waals surface area (Å²) in [5, 5.41) is 33.2. The number of nitrogens with one attached hydrogen (secondary N) is 2. The first kappa shape index (κ1) is 53.5. The summed E-state index contributed by atoms with van der Waals surface area (Å²) in [7, 11) is -14.6. The van der Waals surface area contributed by atoms with Crippen LogP contribution in [0.5, 0.6) is 5.75 Å². The van der Waals surface area contributed by atoms with Crippen LogP contribution in [0.4, 0.5) is 11.9 Å². The maximum Gasteiger partial charge on any atom is 0.472 e. The normalized spacial score (nSPS) is 25.1. The van der Waals surface area contributed by atoms with E-state index in [9.17, 15) is 58.2 Å². The Hall–Kier alpha value is -4.34.